The fraction of sp³-hybridized carbons (Fsp3) is 0.455. The van der Waals surface area contributed by atoms with Crippen molar-refractivity contribution in [2.75, 3.05) is 11.5 Å². The number of carbonyl (C=O) groups excluding carboxylic acids is 1. The van der Waals surface area contributed by atoms with E-state index in [1.807, 2.05) is 11.8 Å². The van der Waals surface area contributed by atoms with Gasteiger partial charge in [0, 0.05) is 12.2 Å². The van der Waals surface area contributed by atoms with Gasteiger partial charge in [0.25, 0.3) is 5.91 Å². The number of nitrogens with one attached hydrogen (secondary N) is 1. The number of hydrogen-bond donors (Lipinski definition) is 1. The minimum atomic E-state index is -0.0200. The fourth-order valence-corrected chi connectivity index (χ4v) is 2.67. The van der Waals surface area contributed by atoms with Crippen LogP contribution in [0.1, 0.15) is 23.2 Å². The van der Waals surface area contributed by atoms with E-state index in [2.05, 4.69) is 16.5 Å². The molecule has 3 nitrogen and oxygen atoms in total. The highest BCUT2D eigenvalue weighted by molar-refractivity contribution is 7.99. The van der Waals surface area contributed by atoms with Crippen LogP contribution in [0.5, 0.6) is 0 Å². The number of pyridine rings is 1. The van der Waals surface area contributed by atoms with E-state index in [1.165, 1.54) is 0 Å². The van der Waals surface area contributed by atoms with E-state index in [4.69, 9.17) is 0 Å². The van der Waals surface area contributed by atoms with E-state index in [0.717, 1.165) is 24.3 Å². The monoisotopic (exact) mass is 221 g/mol. The van der Waals surface area contributed by atoms with E-state index in [1.54, 1.807) is 18.3 Å². The molecule has 1 aliphatic heterocycles. The van der Waals surface area contributed by atoms with Crippen LogP contribution >= 0.6 is 11.8 Å². The highest BCUT2D eigenvalue weighted by Gasteiger charge is 2.16. The van der Waals surface area contributed by atoms with Crippen LogP contribution < -0.4 is 5.32 Å². The lowest BCUT2D eigenvalue weighted by atomic mass is 10.1. The third-order valence-corrected chi connectivity index (χ3v) is 3.48. The van der Waals surface area contributed by atoms with Gasteiger partial charge in [0.15, 0.2) is 0 Å². The minimum Gasteiger partial charge on any atom is -0.349 e. The average Bonchev–Trinajstić information content (AvgIpc) is 2.31. The molecule has 79 valence electrons. The summed E-state index contributed by atoms with van der Waals surface area (Å²) in [4.78, 5) is 15.5. The van der Waals surface area contributed by atoms with Crippen molar-refractivity contribution in [2.45, 2.75) is 18.9 Å². The lowest BCUT2D eigenvalue weighted by molar-refractivity contribution is 0.0934. The number of hydrogen-bond acceptors (Lipinski definition) is 3. The molecule has 0 atom stereocenters. The van der Waals surface area contributed by atoms with E-state index in [0.29, 0.717) is 11.6 Å². The molecule has 1 aromatic heterocycles. The Balaban J connectivity index is 1.91. The third kappa shape index (κ3) is 2.96. The summed E-state index contributed by atoms with van der Waals surface area (Å²) in [6.45, 7) is 0. The average molecular weight is 221 g/mol. The molecule has 0 spiro atoms. The molecule has 1 radical (unpaired) electrons. The standard InChI is InChI=1S/C11H13N2OS/c14-11(9-2-1-5-12-8-9)13-10-3-6-15-7-4-10/h1-2,8,10H,3-4,6-7H2,(H,13,14). The van der Waals surface area contributed by atoms with Crippen molar-refractivity contribution in [3.63, 3.8) is 0 Å². The zero-order chi connectivity index (χ0) is 10.5. The summed E-state index contributed by atoms with van der Waals surface area (Å²) in [5.74, 6) is 2.27. The molecule has 1 N–H and O–H groups in total. The van der Waals surface area contributed by atoms with Gasteiger partial charge in [0.1, 0.15) is 0 Å². The number of aromatic nitrogens is 1. The van der Waals surface area contributed by atoms with Gasteiger partial charge in [0.05, 0.1) is 11.8 Å². The number of thioether (sulfide) groups is 1. The van der Waals surface area contributed by atoms with Gasteiger partial charge in [-0.1, -0.05) is 0 Å². The maximum absolute atomic E-state index is 11.7. The second kappa shape index (κ2) is 5.16. The van der Waals surface area contributed by atoms with Gasteiger partial charge < -0.3 is 5.32 Å². The van der Waals surface area contributed by atoms with E-state index in [9.17, 15) is 4.79 Å². The van der Waals surface area contributed by atoms with Crippen molar-refractivity contribution < 1.29 is 4.79 Å². The summed E-state index contributed by atoms with van der Waals surface area (Å²) in [6.07, 6.45) is 6.35. The Morgan fingerprint density at radius 3 is 3.00 bits per heavy atom. The van der Waals surface area contributed by atoms with Gasteiger partial charge in [-0.05, 0) is 36.5 Å². The maximum Gasteiger partial charge on any atom is 0.253 e. The van der Waals surface area contributed by atoms with Gasteiger partial charge in [-0.25, -0.2) is 0 Å². The molecule has 1 aromatic rings. The predicted molar refractivity (Wildman–Crippen MR) is 60.9 cm³/mol. The molecule has 2 rings (SSSR count). The summed E-state index contributed by atoms with van der Waals surface area (Å²) in [7, 11) is 0. The van der Waals surface area contributed by atoms with Crippen LogP contribution in [-0.2, 0) is 0 Å². The molecule has 0 aromatic carbocycles. The Bertz CT molecular complexity index is 323. The smallest absolute Gasteiger partial charge is 0.253 e. The van der Waals surface area contributed by atoms with Crippen molar-refractivity contribution in [3.8, 4) is 0 Å². The summed E-state index contributed by atoms with van der Waals surface area (Å²) >= 11 is 1.95. The quantitative estimate of drug-likeness (QED) is 0.823. The van der Waals surface area contributed by atoms with Crippen LogP contribution in [0, 0.1) is 6.20 Å². The lowest BCUT2D eigenvalue weighted by Gasteiger charge is -2.22. The topological polar surface area (TPSA) is 42.0 Å². The molecular formula is C11H13N2OS. The van der Waals surface area contributed by atoms with Crippen molar-refractivity contribution in [3.05, 3.63) is 30.1 Å². The molecule has 15 heavy (non-hydrogen) atoms. The van der Waals surface area contributed by atoms with Gasteiger partial charge in [-0.2, -0.15) is 11.8 Å². The summed E-state index contributed by atoms with van der Waals surface area (Å²) in [5, 5.41) is 3.03. The first-order chi connectivity index (χ1) is 7.36. The number of nitrogens with zero attached hydrogens (tertiary/aromatic N) is 1. The molecule has 1 aliphatic rings. The van der Waals surface area contributed by atoms with Gasteiger partial charge in [-0.3, -0.25) is 9.78 Å². The van der Waals surface area contributed by atoms with Crippen molar-refractivity contribution in [1.82, 2.24) is 10.3 Å². The molecule has 0 aliphatic carbocycles. The lowest BCUT2D eigenvalue weighted by Crippen LogP contribution is -2.37. The van der Waals surface area contributed by atoms with Crippen LogP contribution in [0.4, 0.5) is 0 Å². The van der Waals surface area contributed by atoms with Crippen molar-refractivity contribution in [2.24, 2.45) is 0 Å². The number of rotatable bonds is 2. The Kier molecular flexibility index (Phi) is 3.61. The molecule has 0 unspecified atom stereocenters. The van der Waals surface area contributed by atoms with Crippen LogP contribution in [0.3, 0.4) is 0 Å². The third-order valence-electron chi connectivity index (χ3n) is 2.43. The fourth-order valence-electron chi connectivity index (χ4n) is 1.56. The van der Waals surface area contributed by atoms with Gasteiger partial charge >= 0.3 is 0 Å². The minimum absolute atomic E-state index is 0.0200. The molecule has 0 saturated carbocycles. The first-order valence-electron chi connectivity index (χ1n) is 5.07. The first-order valence-corrected chi connectivity index (χ1v) is 6.22. The molecule has 4 heteroatoms. The largest absolute Gasteiger partial charge is 0.349 e. The Hall–Kier alpha value is -1.03. The SMILES string of the molecule is O=C(NC1CCSCC1)c1cc[c]nc1. The molecular weight excluding hydrogens is 208 g/mol. The van der Waals surface area contributed by atoms with Crippen LogP contribution in [0.25, 0.3) is 0 Å². The highest BCUT2D eigenvalue weighted by atomic mass is 32.2. The zero-order valence-corrected chi connectivity index (χ0v) is 9.22. The van der Waals surface area contributed by atoms with Crippen LogP contribution in [0.15, 0.2) is 18.3 Å². The summed E-state index contributed by atoms with van der Waals surface area (Å²) < 4.78 is 0. The van der Waals surface area contributed by atoms with Gasteiger partial charge in [-0.15, -0.1) is 0 Å². The van der Waals surface area contributed by atoms with E-state index >= 15 is 0 Å². The second-order valence-electron chi connectivity index (χ2n) is 3.54. The number of amides is 1. The van der Waals surface area contributed by atoms with Crippen molar-refractivity contribution >= 4 is 17.7 Å². The Morgan fingerprint density at radius 2 is 2.33 bits per heavy atom. The first kappa shape index (κ1) is 10.5. The molecule has 0 bridgehead atoms. The predicted octanol–water partition coefficient (Wildman–Crippen LogP) is 1.51. The molecule has 1 saturated heterocycles. The molecule has 2 heterocycles. The van der Waals surface area contributed by atoms with E-state index in [-0.39, 0.29) is 5.91 Å². The summed E-state index contributed by atoms with van der Waals surface area (Å²) in [5.41, 5.74) is 0.618. The summed E-state index contributed by atoms with van der Waals surface area (Å²) in [6, 6.07) is 3.73. The number of carbonyl (C=O) groups is 1. The van der Waals surface area contributed by atoms with Crippen molar-refractivity contribution in [1.29, 1.82) is 0 Å². The van der Waals surface area contributed by atoms with Crippen LogP contribution in [-0.4, -0.2) is 28.4 Å². The molecule has 1 fully saturated rings. The molecule has 1 amide bonds. The highest BCUT2D eigenvalue weighted by Crippen LogP contribution is 2.17. The van der Waals surface area contributed by atoms with E-state index < -0.39 is 0 Å². The Labute approximate surface area is 93.7 Å². The van der Waals surface area contributed by atoms with Crippen LogP contribution in [0.2, 0.25) is 0 Å². The second-order valence-corrected chi connectivity index (χ2v) is 4.76. The normalized spacial score (nSPS) is 17.3. The Morgan fingerprint density at radius 1 is 1.53 bits per heavy atom. The maximum atomic E-state index is 11.7. The zero-order valence-electron chi connectivity index (χ0n) is 8.40. The van der Waals surface area contributed by atoms with Gasteiger partial charge in [0.2, 0.25) is 0 Å².